The van der Waals surface area contributed by atoms with Crippen molar-refractivity contribution >= 4 is 11.7 Å². The van der Waals surface area contributed by atoms with Gasteiger partial charge in [-0.1, -0.05) is 24.3 Å². The van der Waals surface area contributed by atoms with Crippen LogP contribution in [0.1, 0.15) is 41.4 Å². The second kappa shape index (κ2) is 8.33. The number of Topliss-reactive ketones (excluding diaryl/α,β-unsaturated/α-hetero) is 1. The molecule has 0 heterocycles. The van der Waals surface area contributed by atoms with Crippen LogP contribution in [-0.2, 0) is 4.79 Å². The first-order valence-corrected chi connectivity index (χ1v) is 8.09. The predicted molar refractivity (Wildman–Crippen MR) is 96.2 cm³/mol. The molecule has 0 spiro atoms. The van der Waals surface area contributed by atoms with Gasteiger partial charge in [-0.3, -0.25) is 9.59 Å². The minimum Gasteiger partial charge on any atom is -0.493 e. The van der Waals surface area contributed by atoms with E-state index in [9.17, 15) is 9.59 Å². The summed E-state index contributed by atoms with van der Waals surface area (Å²) in [6.07, 6.45) is 0. The standard InChI is InChI=1S/C20H23NO4/c1-13-7-5-6-8-17(13)14(2)21-20(23)12-25-18-10-9-16(15(3)22)11-19(18)24-4/h5-11,14H,12H2,1-4H3,(H,21,23). The van der Waals surface area contributed by atoms with Crippen LogP contribution in [-0.4, -0.2) is 25.4 Å². The molecule has 5 nitrogen and oxygen atoms in total. The number of hydrogen-bond donors (Lipinski definition) is 1. The van der Waals surface area contributed by atoms with Gasteiger partial charge in [-0.05, 0) is 50.1 Å². The third-order valence-corrected chi connectivity index (χ3v) is 3.96. The summed E-state index contributed by atoms with van der Waals surface area (Å²) in [6, 6.07) is 12.7. The van der Waals surface area contributed by atoms with Crippen molar-refractivity contribution in [3.8, 4) is 11.5 Å². The lowest BCUT2D eigenvalue weighted by Crippen LogP contribution is -2.31. The van der Waals surface area contributed by atoms with E-state index in [2.05, 4.69) is 5.32 Å². The van der Waals surface area contributed by atoms with Gasteiger partial charge in [-0.2, -0.15) is 0 Å². The van der Waals surface area contributed by atoms with Gasteiger partial charge in [0, 0.05) is 5.56 Å². The molecule has 0 fully saturated rings. The highest BCUT2D eigenvalue weighted by Gasteiger charge is 2.14. The van der Waals surface area contributed by atoms with Crippen molar-refractivity contribution in [1.82, 2.24) is 5.32 Å². The highest BCUT2D eigenvalue weighted by Crippen LogP contribution is 2.28. The molecule has 1 unspecified atom stereocenters. The Morgan fingerprint density at radius 1 is 1.12 bits per heavy atom. The molecule has 0 aliphatic carbocycles. The van der Waals surface area contributed by atoms with Crippen LogP contribution >= 0.6 is 0 Å². The molecular weight excluding hydrogens is 318 g/mol. The molecule has 5 heteroatoms. The van der Waals surface area contributed by atoms with Gasteiger partial charge in [0.15, 0.2) is 23.9 Å². The van der Waals surface area contributed by atoms with E-state index in [0.717, 1.165) is 11.1 Å². The van der Waals surface area contributed by atoms with E-state index in [1.807, 2.05) is 38.1 Å². The Morgan fingerprint density at radius 3 is 2.48 bits per heavy atom. The summed E-state index contributed by atoms with van der Waals surface area (Å²) in [5.74, 6) is 0.557. The zero-order chi connectivity index (χ0) is 18.4. The summed E-state index contributed by atoms with van der Waals surface area (Å²) in [5.41, 5.74) is 2.72. The van der Waals surface area contributed by atoms with E-state index < -0.39 is 0 Å². The van der Waals surface area contributed by atoms with Crippen molar-refractivity contribution in [2.24, 2.45) is 0 Å². The maximum Gasteiger partial charge on any atom is 0.258 e. The molecule has 2 rings (SSSR count). The molecule has 0 bridgehead atoms. The summed E-state index contributed by atoms with van der Waals surface area (Å²) in [5, 5.41) is 2.92. The number of hydrogen-bond acceptors (Lipinski definition) is 4. The third kappa shape index (κ3) is 4.83. The number of ether oxygens (including phenoxy) is 2. The normalized spacial score (nSPS) is 11.5. The van der Waals surface area contributed by atoms with E-state index in [1.54, 1.807) is 18.2 Å². The molecule has 1 atom stereocenters. The maximum atomic E-state index is 12.2. The largest absolute Gasteiger partial charge is 0.493 e. The minimum atomic E-state index is -0.228. The lowest BCUT2D eigenvalue weighted by atomic mass is 10.0. The van der Waals surface area contributed by atoms with Gasteiger partial charge in [-0.15, -0.1) is 0 Å². The zero-order valence-corrected chi connectivity index (χ0v) is 15.0. The van der Waals surface area contributed by atoms with Gasteiger partial charge in [0.25, 0.3) is 5.91 Å². The maximum absolute atomic E-state index is 12.2. The van der Waals surface area contributed by atoms with Crippen molar-refractivity contribution in [2.45, 2.75) is 26.8 Å². The summed E-state index contributed by atoms with van der Waals surface area (Å²) in [6.45, 7) is 5.29. The Balaban J connectivity index is 1.98. The number of nitrogens with one attached hydrogen (secondary N) is 1. The molecule has 1 N–H and O–H groups in total. The number of carbonyl (C=O) groups is 2. The fourth-order valence-corrected chi connectivity index (χ4v) is 2.58. The molecule has 0 saturated heterocycles. The lowest BCUT2D eigenvalue weighted by molar-refractivity contribution is -0.123. The monoisotopic (exact) mass is 341 g/mol. The van der Waals surface area contributed by atoms with Crippen LogP contribution in [0.15, 0.2) is 42.5 Å². The third-order valence-electron chi connectivity index (χ3n) is 3.96. The fraction of sp³-hybridized carbons (Fsp3) is 0.300. The van der Waals surface area contributed by atoms with E-state index >= 15 is 0 Å². The number of methoxy groups -OCH3 is 1. The van der Waals surface area contributed by atoms with Gasteiger partial charge in [0.2, 0.25) is 0 Å². The van der Waals surface area contributed by atoms with Crippen molar-refractivity contribution in [3.05, 3.63) is 59.2 Å². The number of benzene rings is 2. The molecule has 0 aromatic heterocycles. The van der Waals surface area contributed by atoms with Crippen molar-refractivity contribution in [1.29, 1.82) is 0 Å². The highest BCUT2D eigenvalue weighted by molar-refractivity contribution is 5.94. The number of carbonyl (C=O) groups excluding carboxylic acids is 2. The number of rotatable bonds is 7. The summed E-state index contributed by atoms with van der Waals surface area (Å²) in [4.78, 5) is 23.6. The summed E-state index contributed by atoms with van der Waals surface area (Å²) in [7, 11) is 1.49. The van der Waals surface area contributed by atoms with Crippen LogP contribution in [0.5, 0.6) is 11.5 Å². The number of ketones is 1. The molecule has 0 radical (unpaired) electrons. The van der Waals surface area contributed by atoms with Gasteiger partial charge in [0.1, 0.15) is 0 Å². The van der Waals surface area contributed by atoms with Crippen LogP contribution in [0.2, 0.25) is 0 Å². The van der Waals surface area contributed by atoms with Gasteiger partial charge < -0.3 is 14.8 Å². The first kappa shape index (κ1) is 18.5. The van der Waals surface area contributed by atoms with E-state index in [0.29, 0.717) is 17.1 Å². The number of aryl methyl sites for hydroxylation is 1. The first-order valence-electron chi connectivity index (χ1n) is 8.09. The smallest absolute Gasteiger partial charge is 0.258 e. The fourth-order valence-electron chi connectivity index (χ4n) is 2.58. The molecule has 2 aromatic rings. The molecule has 0 aliphatic rings. The Labute approximate surface area is 148 Å². The van der Waals surface area contributed by atoms with E-state index in [1.165, 1.54) is 14.0 Å². The second-order valence-electron chi connectivity index (χ2n) is 5.86. The Bertz CT molecular complexity index is 770. The van der Waals surface area contributed by atoms with Crippen LogP contribution < -0.4 is 14.8 Å². The molecule has 25 heavy (non-hydrogen) atoms. The average Bonchev–Trinajstić information content (AvgIpc) is 2.59. The van der Waals surface area contributed by atoms with Crippen LogP contribution in [0, 0.1) is 6.92 Å². The van der Waals surface area contributed by atoms with Crippen molar-refractivity contribution in [3.63, 3.8) is 0 Å². The molecular formula is C20H23NO4. The quantitative estimate of drug-likeness (QED) is 0.783. The van der Waals surface area contributed by atoms with Gasteiger partial charge >= 0.3 is 0 Å². The minimum absolute atomic E-state index is 0.0605. The topological polar surface area (TPSA) is 64.6 Å². The van der Waals surface area contributed by atoms with E-state index in [-0.39, 0.29) is 24.3 Å². The van der Waals surface area contributed by atoms with Crippen molar-refractivity contribution in [2.75, 3.05) is 13.7 Å². The molecule has 0 aliphatic heterocycles. The molecule has 132 valence electrons. The molecule has 0 saturated carbocycles. The second-order valence-corrected chi connectivity index (χ2v) is 5.86. The average molecular weight is 341 g/mol. The Hall–Kier alpha value is -2.82. The summed E-state index contributed by atoms with van der Waals surface area (Å²) >= 11 is 0. The van der Waals surface area contributed by atoms with Gasteiger partial charge in [-0.25, -0.2) is 0 Å². The highest BCUT2D eigenvalue weighted by atomic mass is 16.5. The predicted octanol–water partition coefficient (Wildman–Crippen LogP) is 3.46. The zero-order valence-electron chi connectivity index (χ0n) is 15.0. The lowest BCUT2D eigenvalue weighted by Gasteiger charge is -2.17. The number of amides is 1. The summed E-state index contributed by atoms with van der Waals surface area (Å²) < 4.78 is 10.8. The first-order chi connectivity index (χ1) is 11.9. The van der Waals surface area contributed by atoms with Gasteiger partial charge in [0.05, 0.1) is 13.2 Å². The molecule has 1 amide bonds. The van der Waals surface area contributed by atoms with E-state index in [4.69, 9.17) is 9.47 Å². The Morgan fingerprint density at radius 2 is 1.84 bits per heavy atom. The van der Waals surface area contributed by atoms with Crippen LogP contribution in [0.4, 0.5) is 0 Å². The molecule has 2 aromatic carbocycles. The van der Waals surface area contributed by atoms with Crippen molar-refractivity contribution < 1.29 is 19.1 Å². The van der Waals surface area contributed by atoms with Crippen LogP contribution in [0.3, 0.4) is 0 Å². The van der Waals surface area contributed by atoms with Crippen LogP contribution in [0.25, 0.3) is 0 Å². The Kier molecular flexibility index (Phi) is 6.17. The SMILES string of the molecule is COc1cc(C(C)=O)ccc1OCC(=O)NC(C)c1ccccc1C.